The van der Waals surface area contributed by atoms with Crippen molar-refractivity contribution in [3.05, 3.63) is 137 Å². The van der Waals surface area contributed by atoms with Crippen LogP contribution in [0.5, 0.6) is 0 Å². The van der Waals surface area contributed by atoms with Gasteiger partial charge in [0.05, 0.1) is 18.8 Å². The van der Waals surface area contributed by atoms with Gasteiger partial charge < -0.3 is 25.2 Å². The summed E-state index contributed by atoms with van der Waals surface area (Å²) < 4.78 is 13.3. The number of carbonyl (C=O) groups is 2. The zero-order chi connectivity index (χ0) is 33.6. The molecule has 1 aliphatic rings. The molecule has 48 heavy (non-hydrogen) atoms. The van der Waals surface area contributed by atoms with Crippen molar-refractivity contribution in [2.24, 2.45) is 0 Å². The molecule has 0 bridgehead atoms. The molecular weight excluding hydrogens is 602 g/mol. The van der Waals surface area contributed by atoms with Crippen molar-refractivity contribution < 1.29 is 24.2 Å². The van der Waals surface area contributed by atoms with Crippen LogP contribution < -0.4 is 10.6 Å². The summed E-state index contributed by atoms with van der Waals surface area (Å²) in [5.41, 5.74) is 5.90. The summed E-state index contributed by atoms with van der Waals surface area (Å²) in [6.07, 6.45) is 2.57. The lowest BCUT2D eigenvalue weighted by Gasteiger charge is -2.38. The maximum Gasteiger partial charge on any atom is 0.224 e. The Balaban J connectivity index is 1.30. The summed E-state index contributed by atoms with van der Waals surface area (Å²) in [5.74, 6) is -0.0816. The van der Waals surface area contributed by atoms with E-state index in [1.165, 1.54) is 18.1 Å². The van der Waals surface area contributed by atoms with Crippen molar-refractivity contribution in [2.75, 3.05) is 18.4 Å². The van der Waals surface area contributed by atoms with Gasteiger partial charge >= 0.3 is 0 Å². The van der Waals surface area contributed by atoms with E-state index >= 15 is 0 Å². The second-order valence-corrected chi connectivity index (χ2v) is 12.5. The number of amides is 2. The topological polar surface area (TPSA) is 100 Å². The molecule has 0 saturated carbocycles. The third-order valence-corrected chi connectivity index (χ3v) is 8.47. The quantitative estimate of drug-likeness (QED) is 0.112. The van der Waals surface area contributed by atoms with Gasteiger partial charge in [-0.25, -0.2) is 0 Å². The molecule has 8 heteroatoms. The maximum atomic E-state index is 12.7. The number of aliphatic hydroxyl groups is 1. The van der Waals surface area contributed by atoms with E-state index in [-0.39, 0.29) is 30.6 Å². The molecular formula is C40H47N3O5. The number of unbranched alkanes of at least 4 members (excludes halogenated alkanes) is 2. The molecule has 3 atom stereocenters. The van der Waals surface area contributed by atoms with Crippen LogP contribution in [0.15, 0.2) is 109 Å². The van der Waals surface area contributed by atoms with Gasteiger partial charge in [0, 0.05) is 57.2 Å². The number of benzene rings is 4. The number of aliphatic hydroxyl groups excluding tert-OH is 1. The summed E-state index contributed by atoms with van der Waals surface area (Å²) in [4.78, 5) is 26.2. The smallest absolute Gasteiger partial charge is 0.224 e. The minimum Gasteiger partial charge on any atom is -0.392 e. The third kappa shape index (κ3) is 11.1. The van der Waals surface area contributed by atoms with Gasteiger partial charge in [0.2, 0.25) is 11.8 Å². The Bertz CT molecular complexity index is 1520. The average Bonchev–Trinajstić information content (AvgIpc) is 3.10. The molecule has 8 nitrogen and oxygen atoms in total. The van der Waals surface area contributed by atoms with E-state index < -0.39 is 6.29 Å². The van der Waals surface area contributed by atoms with E-state index in [1.54, 1.807) is 0 Å². The van der Waals surface area contributed by atoms with Crippen LogP contribution in [0.25, 0.3) is 0 Å². The highest BCUT2D eigenvalue weighted by Crippen LogP contribution is 2.39. The monoisotopic (exact) mass is 649 g/mol. The van der Waals surface area contributed by atoms with Crippen molar-refractivity contribution in [2.45, 2.75) is 77.2 Å². The van der Waals surface area contributed by atoms with Gasteiger partial charge in [0.1, 0.15) is 0 Å². The van der Waals surface area contributed by atoms with Crippen molar-refractivity contribution in [1.29, 1.82) is 0 Å². The molecule has 5 rings (SSSR count). The molecule has 1 heterocycles. The molecule has 4 aromatic carbocycles. The highest BCUT2D eigenvalue weighted by atomic mass is 16.7. The molecule has 0 unspecified atom stereocenters. The molecule has 1 saturated heterocycles. The van der Waals surface area contributed by atoms with Crippen LogP contribution >= 0.6 is 0 Å². The zero-order valence-electron chi connectivity index (χ0n) is 27.7. The van der Waals surface area contributed by atoms with Crippen LogP contribution in [0.4, 0.5) is 5.69 Å². The van der Waals surface area contributed by atoms with Gasteiger partial charge in [0.25, 0.3) is 0 Å². The van der Waals surface area contributed by atoms with Gasteiger partial charge in [-0.1, -0.05) is 103 Å². The van der Waals surface area contributed by atoms with Crippen LogP contribution in [-0.2, 0) is 38.8 Å². The van der Waals surface area contributed by atoms with Crippen molar-refractivity contribution in [3.63, 3.8) is 0 Å². The Labute approximate surface area is 284 Å². The van der Waals surface area contributed by atoms with Crippen LogP contribution in [0.3, 0.4) is 0 Å². The lowest BCUT2D eigenvalue weighted by molar-refractivity contribution is -0.253. The molecule has 4 aromatic rings. The third-order valence-electron chi connectivity index (χ3n) is 8.47. The lowest BCUT2D eigenvalue weighted by Crippen LogP contribution is -2.39. The molecule has 1 aliphatic heterocycles. The van der Waals surface area contributed by atoms with Crippen LogP contribution in [0.2, 0.25) is 0 Å². The lowest BCUT2D eigenvalue weighted by atomic mass is 9.99. The Morgan fingerprint density at radius 2 is 1.46 bits per heavy atom. The number of nitrogens with zero attached hydrogens (tertiary/aromatic N) is 1. The summed E-state index contributed by atoms with van der Waals surface area (Å²) >= 11 is 0. The number of ether oxygens (including phenoxy) is 2. The first-order chi connectivity index (χ1) is 23.4. The number of rotatable bonds is 16. The van der Waals surface area contributed by atoms with Crippen LogP contribution in [0, 0.1) is 0 Å². The molecule has 1 fully saturated rings. The van der Waals surface area contributed by atoms with Gasteiger partial charge in [-0.05, 0) is 47.2 Å². The number of carbonyl (C=O) groups excluding carboxylic acids is 2. The summed E-state index contributed by atoms with van der Waals surface area (Å²) in [7, 11) is 0. The first kappa shape index (κ1) is 35.0. The fourth-order valence-electron chi connectivity index (χ4n) is 6.03. The highest BCUT2D eigenvalue weighted by molar-refractivity contribution is 5.90. The first-order valence-electron chi connectivity index (χ1n) is 16.9. The maximum absolute atomic E-state index is 12.7. The largest absolute Gasteiger partial charge is 0.392 e. The molecule has 252 valence electrons. The van der Waals surface area contributed by atoms with Crippen LogP contribution in [0.1, 0.15) is 79.2 Å². The summed E-state index contributed by atoms with van der Waals surface area (Å²) in [6, 6.07) is 36.6. The van der Waals surface area contributed by atoms with E-state index in [0.29, 0.717) is 31.6 Å². The molecule has 0 spiro atoms. The molecule has 2 amide bonds. The fraction of sp³-hybridized carbons (Fsp3) is 0.350. The Kier molecular flexibility index (Phi) is 13.3. The van der Waals surface area contributed by atoms with Gasteiger partial charge in [0.15, 0.2) is 6.29 Å². The second kappa shape index (κ2) is 18.3. The minimum absolute atomic E-state index is 0.0102. The van der Waals surface area contributed by atoms with E-state index in [4.69, 9.17) is 9.47 Å². The summed E-state index contributed by atoms with van der Waals surface area (Å²) in [6.45, 7) is 4.39. The van der Waals surface area contributed by atoms with Crippen molar-refractivity contribution >= 4 is 17.5 Å². The predicted molar refractivity (Wildman–Crippen MR) is 188 cm³/mol. The number of hydrogen-bond donors (Lipinski definition) is 3. The molecule has 0 radical (unpaired) electrons. The second-order valence-electron chi connectivity index (χ2n) is 12.5. The Morgan fingerprint density at radius 3 is 2.10 bits per heavy atom. The Morgan fingerprint density at radius 1 is 0.771 bits per heavy atom. The predicted octanol–water partition coefficient (Wildman–Crippen LogP) is 7.06. The number of hydrogen-bond acceptors (Lipinski definition) is 6. The zero-order valence-corrected chi connectivity index (χ0v) is 27.7. The Hall–Kier alpha value is -4.34. The van der Waals surface area contributed by atoms with Gasteiger partial charge in [-0.2, -0.15) is 0 Å². The highest BCUT2D eigenvalue weighted by Gasteiger charge is 2.33. The summed E-state index contributed by atoms with van der Waals surface area (Å²) in [5, 5.41) is 15.4. The number of nitrogens with one attached hydrogen (secondary N) is 2. The van der Waals surface area contributed by atoms with E-state index in [0.717, 1.165) is 49.0 Å². The van der Waals surface area contributed by atoms with Crippen molar-refractivity contribution in [1.82, 2.24) is 10.2 Å². The number of anilines is 1. The minimum atomic E-state index is -0.632. The van der Waals surface area contributed by atoms with E-state index in [2.05, 4.69) is 64.1 Å². The van der Waals surface area contributed by atoms with E-state index in [9.17, 15) is 14.7 Å². The molecule has 0 aliphatic carbocycles. The molecule has 0 aromatic heterocycles. The normalized spacial score (nSPS) is 17.6. The standard InChI is InChI=1S/C40H47N3O5/c1-30(45)41-23-10-4-9-18-39(46)42-36-17-11-16-35(24-36)40-47-37(25-38(48-40)34-21-19-33(29-44)20-22-34)28-43(26-31-12-5-2-6-13-31)27-32-14-7-3-8-15-32/h2-3,5-8,11-17,19-22,24,37-38,40,44H,4,9-10,18,23,25-29H2,1H3,(H,41,45)(H,42,46)/t37-,38+,40+/m1/s1. The van der Waals surface area contributed by atoms with Gasteiger partial charge in [-0.15, -0.1) is 0 Å². The average molecular weight is 650 g/mol. The first-order valence-corrected chi connectivity index (χ1v) is 16.9. The van der Waals surface area contributed by atoms with Crippen LogP contribution in [-0.4, -0.2) is 41.0 Å². The van der Waals surface area contributed by atoms with Crippen molar-refractivity contribution in [3.8, 4) is 0 Å². The fourth-order valence-corrected chi connectivity index (χ4v) is 6.03. The molecule has 3 N–H and O–H groups in total. The van der Waals surface area contributed by atoms with Gasteiger partial charge in [-0.3, -0.25) is 14.5 Å². The van der Waals surface area contributed by atoms with E-state index in [1.807, 2.05) is 60.7 Å². The SMILES string of the molecule is CC(=O)NCCCCCC(=O)Nc1cccc([C@H]2O[C@@H](CN(Cc3ccccc3)Cc3ccccc3)C[C@@H](c3ccc(CO)cc3)O2)c1.